The summed E-state index contributed by atoms with van der Waals surface area (Å²) in [6.45, 7) is 11.3. The minimum Gasteiger partial charge on any atom is -0.472 e. The molecule has 1 fully saturated rings. The molecule has 5 heteroatoms. The second-order valence-corrected chi connectivity index (χ2v) is 5.61. The van der Waals surface area contributed by atoms with E-state index >= 15 is 0 Å². The van der Waals surface area contributed by atoms with Crippen LogP contribution in [-0.2, 0) is 0 Å². The van der Waals surface area contributed by atoms with Crippen molar-refractivity contribution in [2.75, 3.05) is 26.2 Å². The van der Waals surface area contributed by atoms with Crippen molar-refractivity contribution < 1.29 is 4.42 Å². The van der Waals surface area contributed by atoms with Crippen LogP contribution in [0.1, 0.15) is 32.4 Å². The Balaban J connectivity index is 0.00000144. The predicted octanol–water partition coefficient (Wildman–Crippen LogP) is 3.12. The lowest BCUT2D eigenvalue weighted by Crippen LogP contribution is -2.48. The van der Waals surface area contributed by atoms with Gasteiger partial charge in [0.2, 0.25) is 0 Å². The van der Waals surface area contributed by atoms with Gasteiger partial charge >= 0.3 is 0 Å². The highest BCUT2D eigenvalue weighted by molar-refractivity contribution is 5.85. The fourth-order valence-corrected chi connectivity index (χ4v) is 2.63. The molecule has 2 rings (SSSR count). The highest BCUT2D eigenvalue weighted by Gasteiger charge is 2.32. The molecule has 3 nitrogen and oxygen atoms in total. The molecule has 2 heterocycles. The van der Waals surface area contributed by atoms with Gasteiger partial charge in [-0.1, -0.05) is 20.8 Å². The van der Waals surface area contributed by atoms with Crippen molar-refractivity contribution in [3.8, 4) is 0 Å². The number of nitrogens with zero attached hydrogens (tertiary/aromatic N) is 1. The Hall–Kier alpha value is -0.220. The molecule has 1 aromatic rings. The normalized spacial score (nSPS) is 18.6. The van der Waals surface area contributed by atoms with E-state index in [-0.39, 0.29) is 30.2 Å². The molecule has 1 saturated heterocycles. The van der Waals surface area contributed by atoms with E-state index in [4.69, 9.17) is 4.42 Å². The van der Waals surface area contributed by atoms with Crippen molar-refractivity contribution in [2.24, 2.45) is 5.41 Å². The Labute approximate surface area is 122 Å². The molecule has 1 atom stereocenters. The van der Waals surface area contributed by atoms with Gasteiger partial charge in [-0.2, -0.15) is 0 Å². The first kappa shape index (κ1) is 17.8. The number of rotatable bonds is 2. The van der Waals surface area contributed by atoms with Crippen LogP contribution in [0.2, 0.25) is 0 Å². The van der Waals surface area contributed by atoms with E-state index in [0.717, 1.165) is 26.2 Å². The predicted molar refractivity (Wildman–Crippen MR) is 79.8 cm³/mol. The molecular formula is C13H24Cl2N2O. The molecule has 0 unspecified atom stereocenters. The maximum absolute atomic E-state index is 5.24. The van der Waals surface area contributed by atoms with Crippen LogP contribution in [0.15, 0.2) is 23.0 Å². The highest BCUT2D eigenvalue weighted by Crippen LogP contribution is 2.38. The lowest BCUT2D eigenvalue weighted by Gasteiger charge is -2.41. The maximum atomic E-state index is 5.24. The third-order valence-electron chi connectivity index (χ3n) is 3.20. The first-order valence-electron chi connectivity index (χ1n) is 6.06. The zero-order valence-corrected chi connectivity index (χ0v) is 12.9. The summed E-state index contributed by atoms with van der Waals surface area (Å²) in [6, 6.07) is 2.55. The summed E-state index contributed by atoms with van der Waals surface area (Å²) >= 11 is 0. The summed E-state index contributed by atoms with van der Waals surface area (Å²) in [6.07, 6.45) is 3.66. The van der Waals surface area contributed by atoms with Crippen LogP contribution in [0.3, 0.4) is 0 Å². The van der Waals surface area contributed by atoms with Crippen molar-refractivity contribution in [3.05, 3.63) is 24.2 Å². The van der Waals surface area contributed by atoms with Gasteiger partial charge in [0, 0.05) is 37.8 Å². The highest BCUT2D eigenvalue weighted by atomic mass is 35.5. The number of hydrogen-bond donors (Lipinski definition) is 1. The average Bonchev–Trinajstić information content (AvgIpc) is 2.71. The SMILES string of the molecule is CC(C)(C)[C@H](c1ccoc1)N1CCNCC1.Cl.Cl. The van der Waals surface area contributed by atoms with Crippen LogP contribution in [0.5, 0.6) is 0 Å². The van der Waals surface area contributed by atoms with Gasteiger partial charge in [-0.3, -0.25) is 4.90 Å². The third kappa shape index (κ3) is 4.16. The van der Waals surface area contributed by atoms with Crippen molar-refractivity contribution in [1.82, 2.24) is 10.2 Å². The molecule has 1 aliphatic rings. The van der Waals surface area contributed by atoms with Crippen LogP contribution in [0.25, 0.3) is 0 Å². The molecule has 1 aliphatic heterocycles. The van der Waals surface area contributed by atoms with Crippen LogP contribution < -0.4 is 5.32 Å². The molecule has 0 amide bonds. The topological polar surface area (TPSA) is 28.4 Å². The second-order valence-electron chi connectivity index (χ2n) is 5.61. The Kier molecular flexibility index (Phi) is 7.30. The smallest absolute Gasteiger partial charge is 0.0950 e. The van der Waals surface area contributed by atoms with Gasteiger partial charge < -0.3 is 9.73 Å². The van der Waals surface area contributed by atoms with Crippen LogP contribution in [0, 0.1) is 5.41 Å². The molecule has 106 valence electrons. The van der Waals surface area contributed by atoms with Gasteiger partial charge in [-0.15, -0.1) is 24.8 Å². The quantitative estimate of drug-likeness (QED) is 0.908. The fraction of sp³-hybridized carbons (Fsp3) is 0.692. The Morgan fingerprint density at radius 3 is 2.28 bits per heavy atom. The zero-order valence-electron chi connectivity index (χ0n) is 11.3. The number of furan rings is 1. The van der Waals surface area contributed by atoms with E-state index in [9.17, 15) is 0 Å². The lowest BCUT2D eigenvalue weighted by atomic mass is 9.82. The molecule has 0 aliphatic carbocycles. The first-order chi connectivity index (χ1) is 7.59. The first-order valence-corrected chi connectivity index (χ1v) is 6.06. The molecule has 0 aromatic carbocycles. The Morgan fingerprint density at radius 1 is 1.22 bits per heavy atom. The number of hydrogen-bond acceptors (Lipinski definition) is 3. The maximum Gasteiger partial charge on any atom is 0.0950 e. The Bertz CT molecular complexity index is 316. The fourth-order valence-electron chi connectivity index (χ4n) is 2.63. The van der Waals surface area contributed by atoms with E-state index in [1.807, 2.05) is 6.26 Å². The van der Waals surface area contributed by atoms with Crippen LogP contribution in [-0.4, -0.2) is 31.1 Å². The van der Waals surface area contributed by atoms with Crippen molar-refractivity contribution in [1.29, 1.82) is 0 Å². The van der Waals surface area contributed by atoms with Crippen molar-refractivity contribution >= 4 is 24.8 Å². The minimum absolute atomic E-state index is 0. The molecule has 18 heavy (non-hydrogen) atoms. The van der Waals surface area contributed by atoms with Gasteiger partial charge in [-0.05, 0) is 11.5 Å². The van der Waals surface area contributed by atoms with E-state index in [2.05, 4.69) is 37.1 Å². The average molecular weight is 295 g/mol. The number of piperazine rings is 1. The summed E-state index contributed by atoms with van der Waals surface area (Å²) < 4.78 is 5.24. The van der Waals surface area contributed by atoms with E-state index in [0.29, 0.717) is 6.04 Å². The van der Waals surface area contributed by atoms with Crippen LogP contribution in [0.4, 0.5) is 0 Å². The molecule has 0 saturated carbocycles. The minimum atomic E-state index is 0. The van der Waals surface area contributed by atoms with Gasteiger partial charge in [0.25, 0.3) is 0 Å². The van der Waals surface area contributed by atoms with E-state index < -0.39 is 0 Å². The van der Waals surface area contributed by atoms with Gasteiger partial charge in [0.05, 0.1) is 12.5 Å². The van der Waals surface area contributed by atoms with E-state index in [1.54, 1.807) is 6.26 Å². The second kappa shape index (κ2) is 7.39. The molecule has 1 N–H and O–H groups in total. The van der Waals surface area contributed by atoms with Crippen molar-refractivity contribution in [2.45, 2.75) is 26.8 Å². The standard InChI is InChI=1S/C13H22N2O.2ClH/c1-13(2,3)12(11-4-9-16-10-11)15-7-5-14-6-8-15;;/h4,9-10,12,14H,5-8H2,1-3H3;2*1H/t12-;;/m0../s1. The summed E-state index contributed by atoms with van der Waals surface area (Å²) in [5.41, 5.74) is 1.54. The zero-order chi connectivity index (χ0) is 11.6. The van der Waals surface area contributed by atoms with Gasteiger partial charge in [0.15, 0.2) is 0 Å². The molecule has 0 spiro atoms. The summed E-state index contributed by atoms with van der Waals surface area (Å²) in [5.74, 6) is 0. The van der Waals surface area contributed by atoms with E-state index in [1.165, 1.54) is 5.56 Å². The third-order valence-corrected chi connectivity index (χ3v) is 3.20. The summed E-state index contributed by atoms with van der Waals surface area (Å²) in [5, 5.41) is 3.40. The Morgan fingerprint density at radius 2 is 1.83 bits per heavy atom. The largest absolute Gasteiger partial charge is 0.472 e. The number of nitrogens with one attached hydrogen (secondary N) is 1. The van der Waals surface area contributed by atoms with Gasteiger partial charge in [-0.25, -0.2) is 0 Å². The monoisotopic (exact) mass is 294 g/mol. The molecule has 0 bridgehead atoms. The lowest BCUT2D eigenvalue weighted by molar-refractivity contribution is 0.0857. The molecular weight excluding hydrogens is 271 g/mol. The summed E-state index contributed by atoms with van der Waals surface area (Å²) in [7, 11) is 0. The van der Waals surface area contributed by atoms with Gasteiger partial charge in [0.1, 0.15) is 0 Å². The number of halogens is 2. The molecule has 1 aromatic heterocycles. The summed E-state index contributed by atoms with van der Waals surface area (Å²) in [4.78, 5) is 2.56. The molecule has 0 radical (unpaired) electrons. The van der Waals surface area contributed by atoms with Crippen molar-refractivity contribution in [3.63, 3.8) is 0 Å². The van der Waals surface area contributed by atoms with Crippen LogP contribution >= 0.6 is 24.8 Å².